The van der Waals surface area contributed by atoms with Gasteiger partial charge >= 0.3 is 0 Å². The Labute approximate surface area is 222 Å². The molecule has 0 bridgehead atoms. The second kappa shape index (κ2) is 11.6. The second-order valence-electron chi connectivity index (χ2n) is 10.2. The van der Waals surface area contributed by atoms with E-state index in [4.69, 9.17) is 4.74 Å². The number of para-hydroxylation sites is 1. The summed E-state index contributed by atoms with van der Waals surface area (Å²) in [5, 5.41) is 19.2. The van der Waals surface area contributed by atoms with E-state index in [-0.39, 0.29) is 23.9 Å². The number of fused-ring (bicyclic) bond motifs is 1. The van der Waals surface area contributed by atoms with Crippen molar-refractivity contribution in [1.82, 2.24) is 9.78 Å². The molecule has 1 heterocycles. The van der Waals surface area contributed by atoms with Crippen molar-refractivity contribution >= 4 is 22.4 Å². The number of hydrogen-bond donors (Lipinski definition) is 2. The van der Waals surface area contributed by atoms with Crippen molar-refractivity contribution in [3.05, 3.63) is 100 Å². The maximum absolute atomic E-state index is 12.7. The molecule has 3 aromatic carbocycles. The van der Waals surface area contributed by atoms with Gasteiger partial charge < -0.3 is 15.2 Å². The van der Waals surface area contributed by atoms with E-state index in [0.717, 1.165) is 36.8 Å². The highest BCUT2D eigenvalue weighted by Crippen LogP contribution is 2.35. The number of amides is 1. The normalized spacial score (nSPS) is 17.8. The van der Waals surface area contributed by atoms with Gasteiger partial charge in [0.15, 0.2) is 0 Å². The molecular formula is C31H33N3O4. The first-order valence-electron chi connectivity index (χ1n) is 13.2. The van der Waals surface area contributed by atoms with Gasteiger partial charge in [0.05, 0.1) is 17.2 Å². The average molecular weight is 512 g/mol. The Bertz CT molecular complexity index is 1450. The molecule has 7 heteroatoms. The lowest BCUT2D eigenvalue weighted by Crippen LogP contribution is -2.30. The van der Waals surface area contributed by atoms with Crippen LogP contribution in [0.2, 0.25) is 0 Å². The minimum Gasteiger partial charge on any atom is -0.491 e. The van der Waals surface area contributed by atoms with Gasteiger partial charge in [0, 0.05) is 11.1 Å². The van der Waals surface area contributed by atoms with Gasteiger partial charge in [-0.15, -0.1) is 0 Å². The average Bonchev–Trinajstić information content (AvgIpc) is 3.40. The van der Waals surface area contributed by atoms with Gasteiger partial charge in [0.25, 0.3) is 5.56 Å². The number of aliphatic hydroxyl groups is 1. The first-order chi connectivity index (χ1) is 18.5. The number of aryl methyl sites for hydroxylation is 1. The summed E-state index contributed by atoms with van der Waals surface area (Å²) in [4.78, 5) is 25.4. The Morgan fingerprint density at radius 1 is 1.03 bits per heavy atom. The number of nitrogens with zero attached hydrogens (tertiary/aromatic N) is 2. The fourth-order valence-electron chi connectivity index (χ4n) is 5.39. The van der Waals surface area contributed by atoms with Crippen molar-refractivity contribution in [2.75, 3.05) is 11.9 Å². The number of benzene rings is 3. The SMILES string of the molecule is Cc1nn(CC(=O)Nc2ccc(C[C@@H]3CC[C@H]([C@H](O)COc4ccccc4)C3)cc2)c(=O)c2ccccc12. The zero-order valence-corrected chi connectivity index (χ0v) is 21.5. The summed E-state index contributed by atoms with van der Waals surface area (Å²) >= 11 is 0. The third-order valence-electron chi connectivity index (χ3n) is 7.40. The summed E-state index contributed by atoms with van der Waals surface area (Å²) in [6.07, 6.45) is 3.53. The van der Waals surface area contributed by atoms with Crippen LogP contribution in [0.25, 0.3) is 10.8 Å². The van der Waals surface area contributed by atoms with Crippen LogP contribution in [0.15, 0.2) is 83.7 Å². The van der Waals surface area contributed by atoms with Crippen molar-refractivity contribution in [2.45, 2.75) is 45.3 Å². The van der Waals surface area contributed by atoms with Gasteiger partial charge in [-0.1, -0.05) is 48.5 Å². The Morgan fingerprint density at radius 2 is 1.74 bits per heavy atom. The topological polar surface area (TPSA) is 93.5 Å². The lowest BCUT2D eigenvalue weighted by molar-refractivity contribution is -0.117. The molecule has 0 radical (unpaired) electrons. The molecule has 1 amide bonds. The Kier molecular flexibility index (Phi) is 7.84. The van der Waals surface area contributed by atoms with Crippen molar-refractivity contribution in [1.29, 1.82) is 0 Å². The Hall–Kier alpha value is -3.97. The van der Waals surface area contributed by atoms with E-state index in [0.29, 0.717) is 29.3 Å². The summed E-state index contributed by atoms with van der Waals surface area (Å²) in [6.45, 7) is 2.00. The fourth-order valence-corrected chi connectivity index (χ4v) is 5.39. The molecule has 0 spiro atoms. The van der Waals surface area contributed by atoms with E-state index in [2.05, 4.69) is 10.4 Å². The quantitative estimate of drug-likeness (QED) is 0.339. The molecule has 1 aromatic heterocycles. The Balaban J connectivity index is 1.11. The van der Waals surface area contributed by atoms with E-state index < -0.39 is 6.10 Å². The number of carbonyl (C=O) groups is 1. The minimum atomic E-state index is -0.466. The van der Waals surface area contributed by atoms with Crippen LogP contribution in [0.1, 0.15) is 30.5 Å². The highest BCUT2D eigenvalue weighted by Gasteiger charge is 2.30. The minimum absolute atomic E-state index is 0.147. The molecule has 2 N–H and O–H groups in total. The van der Waals surface area contributed by atoms with Crippen LogP contribution >= 0.6 is 0 Å². The van der Waals surface area contributed by atoms with Crippen LogP contribution in [0.5, 0.6) is 5.75 Å². The zero-order chi connectivity index (χ0) is 26.5. The number of anilines is 1. The predicted octanol–water partition coefficient (Wildman–Crippen LogP) is 4.74. The van der Waals surface area contributed by atoms with E-state index >= 15 is 0 Å². The van der Waals surface area contributed by atoms with Crippen molar-refractivity contribution < 1.29 is 14.6 Å². The lowest BCUT2D eigenvalue weighted by atomic mass is 9.95. The molecule has 0 unspecified atom stereocenters. The summed E-state index contributed by atoms with van der Waals surface area (Å²) in [5.74, 6) is 1.25. The molecule has 1 fully saturated rings. The number of ether oxygens (including phenoxy) is 1. The van der Waals surface area contributed by atoms with Gasteiger partial charge in [0.1, 0.15) is 18.9 Å². The molecule has 38 heavy (non-hydrogen) atoms. The molecule has 0 saturated heterocycles. The second-order valence-corrected chi connectivity index (χ2v) is 10.2. The zero-order valence-electron chi connectivity index (χ0n) is 21.5. The first kappa shape index (κ1) is 25.7. The van der Waals surface area contributed by atoms with E-state index in [1.54, 1.807) is 6.07 Å². The molecule has 1 aliphatic carbocycles. The molecule has 1 saturated carbocycles. The number of rotatable bonds is 9. The van der Waals surface area contributed by atoms with Crippen LogP contribution in [0.3, 0.4) is 0 Å². The largest absolute Gasteiger partial charge is 0.491 e. The number of nitrogens with one attached hydrogen (secondary N) is 1. The summed E-state index contributed by atoms with van der Waals surface area (Å²) in [5.41, 5.74) is 2.32. The number of aliphatic hydroxyl groups excluding tert-OH is 1. The monoisotopic (exact) mass is 511 g/mol. The van der Waals surface area contributed by atoms with Crippen molar-refractivity contribution in [2.24, 2.45) is 11.8 Å². The third-order valence-corrected chi connectivity index (χ3v) is 7.40. The molecule has 7 nitrogen and oxygen atoms in total. The predicted molar refractivity (Wildman–Crippen MR) is 148 cm³/mol. The van der Waals surface area contributed by atoms with Crippen LogP contribution in [-0.2, 0) is 17.8 Å². The molecular weight excluding hydrogens is 478 g/mol. The summed E-state index contributed by atoms with van der Waals surface area (Å²) < 4.78 is 6.96. The molecule has 4 aromatic rings. The van der Waals surface area contributed by atoms with E-state index in [1.807, 2.05) is 79.7 Å². The summed E-state index contributed by atoms with van der Waals surface area (Å²) in [7, 11) is 0. The van der Waals surface area contributed by atoms with Crippen molar-refractivity contribution in [3.8, 4) is 5.75 Å². The third kappa shape index (κ3) is 6.11. The van der Waals surface area contributed by atoms with Crippen molar-refractivity contribution in [3.63, 3.8) is 0 Å². The number of hydrogen-bond acceptors (Lipinski definition) is 5. The highest BCUT2D eigenvalue weighted by atomic mass is 16.5. The number of carbonyl (C=O) groups excluding carboxylic acids is 1. The van der Waals surface area contributed by atoms with E-state index in [9.17, 15) is 14.7 Å². The van der Waals surface area contributed by atoms with Crippen LogP contribution in [0, 0.1) is 18.8 Å². The Morgan fingerprint density at radius 3 is 2.50 bits per heavy atom. The summed E-state index contributed by atoms with van der Waals surface area (Å²) in [6, 6.07) is 24.7. The van der Waals surface area contributed by atoms with Gasteiger partial charge in [-0.05, 0) is 80.3 Å². The molecule has 1 aliphatic rings. The standard InChI is InChI=1S/C31H33N3O4/c1-21-27-9-5-6-10-28(27)31(37)34(33-21)19-30(36)32-25-15-12-22(13-16-25)17-23-11-14-24(18-23)29(35)20-38-26-7-3-2-4-8-26/h2-10,12-13,15-16,23-24,29,35H,11,14,17-20H2,1H3,(H,32,36)/t23-,24-,29+/m0/s1. The van der Waals surface area contributed by atoms with Crippen LogP contribution < -0.4 is 15.6 Å². The molecule has 3 atom stereocenters. The van der Waals surface area contributed by atoms with Crippen LogP contribution in [0.4, 0.5) is 5.69 Å². The lowest BCUT2D eigenvalue weighted by Gasteiger charge is -2.19. The fraction of sp³-hybridized carbons (Fsp3) is 0.323. The van der Waals surface area contributed by atoms with Gasteiger partial charge in [0.2, 0.25) is 5.91 Å². The van der Waals surface area contributed by atoms with Gasteiger partial charge in [-0.2, -0.15) is 5.10 Å². The molecule has 196 valence electrons. The smallest absolute Gasteiger partial charge is 0.275 e. The van der Waals surface area contributed by atoms with Gasteiger partial charge in [-0.25, -0.2) is 4.68 Å². The van der Waals surface area contributed by atoms with Crippen LogP contribution in [-0.4, -0.2) is 33.5 Å². The maximum Gasteiger partial charge on any atom is 0.275 e. The number of aromatic nitrogens is 2. The van der Waals surface area contributed by atoms with E-state index in [1.165, 1.54) is 10.2 Å². The molecule has 0 aliphatic heterocycles. The first-order valence-corrected chi connectivity index (χ1v) is 13.2. The molecule has 5 rings (SSSR count). The van der Waals surface area contributed by atoms with Gasteiger partial charge in [-0.3, -0.25) is 9.59 Å². The maximum atomic E-state index is 12.7. The highest BCUT2D eigenvalue weighted by molar-refractivity contribution is 5.91.